The number of hydrogen-bond donors (Lipinski definition) is 1. The molecule has 6 nitrogen and oxygen atoms in total. The van der Waals surface area contributed by atoms with Gasteiger partial charge in [-0.2, -0.15) is 0 Å². The number of hydrogen-bond acceptors (Lipinski definition) is 5. The van der Waals surface area contributed by atoms with E-state index in [9.17, 15) is 0 Å². The molecular formula is C29H31N5OS. The normalized spacial score (nSPS) is 11.5. The number of benzene rings is 3. The summed E-state index contributed by atoms with van der Waals surface area (Å²) in [6.07, 6.45) is 0. The van der Waals surface area contributed by atoms with Crippen LogP contribution in [0.15, 0.2) is 84.0 Å². The molecule has 3 aromatic carbocycles. The summed E-state index contributed by atoms with van der Waals surface area (Å²) in [5.41, 5.74) is 5.69. The number of nitrogens with one attached hydrogen (secondary N) is 1. The van der Waals surface area contributed by atoms with Crippen LogP contribution in [0, 0.1) is 0 Å². The van der Waals surface area contributed by atoms with Gasteiger partial charge in [0.2, 0.25) is 0 Å². The molecule has 36 heavy (non-hydrogen) atoms. The Morgan fingerprint density at radius 1 is 0.917 bits per heavy atom. The van der Waals surface area contributed by atoms with E-state index >= 15 is 0 Å². The van der Waals surface area contributed by atoms with E-state index in [-0.39, 0.29) is 0 Å². The second-order valence-corrected chi connectivity index (χ2v) is 10.5. The first-order valence-corrected chi connectivity index (χ1v) is 13.0. The van der Waals surface area contributed by atoms with E-state index in [0.717, 1.165) is 34.7 Å². The molecule has 2 aromatic heterocycles. The van der Waals surface area contributed by atoms with Gasteiger partial charge in [-0.3, -0.25) is 4.57 Å². The van der Waals surface area contributed by atoms with Gasteiger partial charge in [-0.15, -0.1) is 10.2 Å². The number of methoxy groups -OCH3 is 1. The van der Waals surface area contributed by atoms with Crippen molar-refractivity contribution in [3.8, 4) is 23.0 Å². The van der Waals surface area contributed by atoms with Crippen LogP contribution in [0.1, 0.15) is 25.0 Å². The van der Waals surface area contributed by atoms with Crippen LogP contribution in [0.25, 0.3) is 28.1 Å². The Balaban J connectivity index is 1.59. The topological polar surface area (TPSA) is 56.9 Å². The number of thioether (sulfide) groups is 1. The predicted octanol–water partition coefficient (Wildman–Crippen LogP) is 6.22. The van der Waals surface area contributed by atoms with Crippen LogP contribution in [0.3, 0.4) is 0 Å². The average molecular weight is 498 g/mol. The van der Waals surface area contributed by atoms with E-state index in [2.05, 4.69) is 101 Å². The highest BCUT2D eigenvalue weighted by Gasteiger charge is 2.24. The summed E-state index contributed by atoms with van der Waals surface area (Å²) in [4.78, 5) is 0. The summed E-state index contributed by atoms with van der Waals surface area (Å²) in [7, 11) is 3.81. The van der Waals surface area contributed by atoms with E-state index in [0.29, 0.717) is 11.8 Å². The Morgan fingerprint density at radius 3 is 2.47 bits per heavy atom. The Labute approximate surface area is 216 Å². The second kappa shape index (κ2) is 10.6. The third-order valence-electron chi connectivity index (χ3n) is 6.18. The molecule has 0 saturated heterocycles. The molecule has 0 saturated carbocycles. The lowest BCUT2D eigenvalue weighted by atomic mass is 10.1. The van der Waals surface area contributed by atoms with Crippen molar-refractivity contribution in [1.29, 1.82) is 0 Å². The molecule has 1 N–H and O–H groups in total. The quantitative estimate of drug-likeness (QED) is 0.245. The second-order valence-electron chi connectivity index (χ2n) is 9.00. The monoisotopic (exact) mass is 497 g/mol. The van der Waals surface area contributed by atoms with Crippen molar-refractivity contribution in [1.82, 2.24) is 24.6 Å². The fourth-order valence-electron chi connectivity index (χ4n) is 4.57. The highest BCUT2D eigenvalue weighted by atomic mass is 32.2. The van der Waals surface area contributed by atoms with Crippen molar-refractivity contribution in [2.75, 3.05) is 7.11 Å². The number of ether oxygens (including phenoxy) is 1. The fourth-order valence-corrected chi connectivity index (χ4v) is 5.38. The molecule has 0 aliphatic carbocycles. The molecule has 184 valence electrons. The summed E-state index contributed by atoms with van der Waals surface area (Å²) in [6.45, 7) is 5.79. The Bertz CT molecular complexity index is 1470. The zero-order chi connectivity index (χ0) is 25.1. The minimum Gasteiger partial charge on any atom is -0.497 e. The Morgan fingerprint density at radius 2 is 1.69 bits per heavy atom. The molecule has 0 unspecified atom stereocenters. The predicted molar refractivity (Wildman–Crippen MR) is 148 cm³/mol. The summed E-state index contributed by atoms with van der Waals surface area (Å²) in [5, 5.41) is 15.5. The van der Waals surface area contributed by atoms with Crippen LogP contribution >= 0.6 is 11.8 Å². The number of aryl methyl sites for hydroxylation is 1. The molecule has 0 aliphatic rings. The first-order valence-electron chi connectivity index (χ1n) is 12.1. The van der Waals surface area contributed by atoms with Crippen LogP contribution in [-0.4, -0.2) is 31.7 Å². The summed E-state index contributed by atoms with van der Waals surface area (Å²) >= 11 is 1.73. The highest BCUT2D eigenvalue weighted by molar-refractivity contribution is 7.99. The molecule has 0 spiro atoms. The van der Waals surface area contributed by atoms with Gasteiger partial charge >= 0.3 is 0 Å². The molecule has 0 amide bonds. The third-order valence-corrected chi connectivity index (χ3v) is 7.12. The first kappa shape index (κ1) is 24.2. The molecule has 0 fully saturated rings. The molecule has 0 bridgehead atoms. The largest absolute Gasteiger partial charge is 0.497 e. The minimum absolute atomic E-state index is 0.390. The van der Waals surface area contributed by atoms with Gasteiger partial charge in [0.05, 0.1) is 12.8 Å². The summed E-state index contributed by atoms with van der Waals surface area (Å²) in [5.74, 6) is 1.72. The van der Waals surface area contributed by atoms with Crippen LogP contribution in [0.4, 0.5) is 0 Å². The zero-order valence-electron chi connectivity index (χ0n) is 21.1. The Hall–Kier alpha value is -3.55. The molecular weight excluding hydrogens is 466 g/mol. The van der Waals surface area contributed by atoms with Crippen LogP contribution in [0.2, 0.25) is 0 Å². The maximum atomic E-state index is 5.39. The van der Waals surface area contributed by atoms with Gasteiger partial charge in [0.15, 0.2) is 11.0 Å². The van der Waals surface area contributed by atoms with E-state index in [1.54, 1.807) is 18.9 Å². The number of para-hydroxylation sites is 2. The molecule has 5 rings (SSSR count). The number of rotatable bonds is 9. The van der Waals surface area contributed by atoms with Crippen LogP contribution in [0.5, 0.6) is 5.75 Å². The van der Waals surface area contributed by atoms with Gasteiger partial charge in [-0.1, -0.05) is 74.1 Å². The molecule has 5 aromatic rings. The van der Waals surface area contributed by atoms with Crippen LogP contribution < -0.4 is 10.1 Å². The SMILES string of the molecule is COc1cccc(CNCc2c(-c3nnc(SC(C)C)n3-c3ccccc3)n(C)c3ccccc23)c1. The van der Waals surface area contributed by atoms with Crippen molar-refractivity contribution in [3.63, 3.8) is 0 Å². The molecule has 0 aliphatic heterocycles. The van der Waals surface area contributed by atoms with Crippen molar-refractivity contribution >= 4 is 22.7 Å². The van der Waals surface area contributed by atoms with Crippen molar-refractivity contribution in [3.05, 3.63) is 90.0 Å². The number of nitrogens with zero attached hydrogens (tertiary/aromatic N) is 4. The summed E-state index contributed by atoms with van der Waals surface area (Å²) < 4.78 is 9.82. The maximum Gasteiger partial charge on any atom is 0.196 e. The van der Waals surface area contributed by atoms with Gasteiger partial charge in [-0.05, 0) is 35.9 Å². The van der Waals surface area contributed by atoms with Crippen molar-refractivity contribution in [2.45, 2.75) is 37.3 Å². The summed E-state index contributed by atoms with van der Waals surface area (Å²) in [6, 6.07) is 27.1. The number of aromatic nitrogens is 4. The average Bonchev–Trinajstić information content (AvgIpc) is 3.42. The lowest BCUT2D eigenvalue weighted by Gasteiger charge is -2.14. The third kappa shape index (κ3) is 4.76. The zero-order valence-corrected chi connectivity index (χ0v) is 21.9. The van der Waals surface area contributed by atoms with Crippen LogP contribution in [-0.2, 0) is 20.1 Å². The highest BCUT2D eigenvalue weighted by Crippen LogP contribution is 2.36. The molecule has 2 heterocycles. The van der Waals surface area contributed by atoms with Gasteiger partial charge in [0.25, 0.3) is 0 Å². The minimum atomic E-state index is 0.390. The standard InChI is InChI=1S/C29H31N5OS/c1-20(2)36-29-32-31-28(34(29)22-12-6-5-7-13-22)27-25(24-15-8-9-16-26(24)33(27)3)19-30-18-21-11-10-14-23(17-21)35-4/h5-17,20,30H,18-19H2,1-4H3. The van der Waals surface area contributed by atoms with E-state index < -0.39 is 0 Å². The van der Waals surface area contributed by atoms with Crippen molar-refractivity contribution < 1.29 is 4.74 Å². The first-order chi connectivity index (χ1) is 17.6. The van der Waals surface area contributed by atoms with Gasteiger partial charge in [-0.25, -0.2) is 0 Å². The fraction of sp³-hybridized carbons (Fsp3) is 0.241. The smallest absolute Gasteiger partial charge is 0.196 e. The van der Waals surface area contributed by atoms with E-state index in [1.165, 1.54) is 22.0 Å². The maximum absolute atomic E-state index is 5.39. The molecule has 0 atom stereocenters. The Kier molecular flexibility index (Phi) is 7.11. The lowest BCUT2D eigenvalue weighted by molar-refractivity contribution is 0.414. The van der Waals surface area contributed by atoms with Gasteiger partial charge < -0.3 is 14.6 Å². The van der Waals surface area contributed by atoms with E-state index in [4.69, 9.17) is 9.84 Å². The van der Waals surface area contributed by atoms with Gasteiger partial charge in [0.1, 0.15) is 5.75 Å². The van der Waals surface area contributed by atoms with Gasteiger partial charge in [0, 0.05) is 47.5 Å². The lowest BCUT2D eigenvalue weighted by Crippen LogP contribution is -2.14. The number of fused-ring (bicyclic) bond motifs is 1. The molecule has 0 radical (unpaired) electrons. The van der Waals surface area contributed by atoms with Crippen molar-refractivity contribution in [2.24, 2.45) is 7.05 Å². The van der Waals surface area contributed by atoms with E-state index in [1.807, 2.05) is 18.2 Å². The molecule has 7 heteroatoms.